The first-order chi connectivity index (χ1) is 13.4. The highest BCUT2D eigenvalue weighted by molar-refractivity contribution is 5.95. The van der Waals surface area contributed by atoms with Crippen LogP contribution < -0.4 is 9.64 Å². The summed E-state index contributed by atoms with van der Waals surface area (Å²) < 4.78 is 5.58. The Balaban J connectivity index is 1.50. The van der Waals surface area contributed by atoms with E-state index < -0.39 is 0 Å². The molecular weight excluding hydrogens is 354 g/mol. The smallest absolute Gasteiger partial charge is 0.260 e. The van der Waals surface area contributed by atoms with Gasteiger partial charge in [-0.3, -0.25) is 9.59 Å². The number of carbonyl (C=O) groups excluding carboxylic acids is 2. The fourth-order valence-corrected chi connectivity index (χ4v) is 3.13. The van der Waals surface area contributed by atoms with Crippen LogP contribution in [0.25, 0.3) is 0 Å². The van der Waals surface area contributed by atoms with Gasteiger partial charge in [0.05, 0.1) is 0 Å². The maximum Gasteiger partial charge on any atom is 0.260 e. The van der Waals surface area contributed by atoms with Crippen LogP contribution in [-0.2, 0) is 4.79 Å². The van der Waals surface area contributed by atoms with Crippen LogP contribution in [-0.4, -0.2) is 68.5 Å². The summed E-state index contributed by atoms with van der Waals surface area (Å²) in [6, 6.07) is 15.2. The minimum atomic E-state index is -0.0534. The molecule has 1 aliphatic rings. The van der Waals surface area contributed by atoms with Crippen LogP contribution in [0.1, 0.15) is 15.9 Å². The zero-order chi connectivity index (χ0) is 20.1. The van der Waals surface area contributed by atoms with Crippen LogP contribution in [0.4, 0.5) is 5.69 Å². The molecule has 0 aliphatic carbocycles. The standard InChI is InChI=1S/C22H27N3O3/c1-17-7-9-20(10-8-17)28-16-21(26)24-11-13-25(14-12-24)22(27)18-5-4-6-19(15-18)23(2)3/h4-10,15H,11-14,16H2,1-3H3. The molecule has 0 atom stereocenters. The van der Waals surface area contributed by atoms with Gasteiger partial charge in [0.25, 0.3) is 11.8 Å². The molecule has 0 radical (unpaired) electrons. The van der Waals surface area contributed by atoms with E-state index in [0.717, 1.165) is 11.3 Å². The first kappa shape index (κ1) is 19.7. The number of ether oxygens (including phenoxy) is 1. The number of nitrogens with zero attached hydrogens (tertiary/aromatic N) is 3. The second-order valence-corrected chi connectivity index (χ2v) is 7.22. The number of carbonyl (C=O) groups is 2. The Morgan fingerprint density at radius 3 is 2.25 bits per heavy atom. The Hall–Kier alpha value is -3.02. The van der Waals surface area contributed by atoms with Crippen molar-refractivity contribution in [2.45, 2.75) is 6.92 Å². The van der Waals surface area contributed by atoms with Crippen molar-refractivity contribution in [3.63, 3.8) is 0 Å². The van der Waals surface area contributed by atoms with Crippen LogP contribution in [0, 0.1) is 6.92 Å². The number of benzene rings is 2. The van der Waals surface area contributed by atoms with E-state index in [0.29, 0.717) is 37.5 Å². The number of amides is 2. The number of aryl methyl sites for hydroxylation is 1. The Kier molecular flexibility index (Phi) is 6.19. The third-order valence-electron chi connectivity index (χ3n) is 4.91. The van der Waals surface area contributed by atoms with Crippen molar-refractivity contribution in [2.75, 3.05) is 51.8 Å². The fourth-order valence-electron chi connectivity index (χ4n) is 3.13. The predicted octanol–water partition coefficient (Wildman–Crippen LogP) is 2.42. The minimum Gasteiger partial charge on any atom is -0.484 e. The molecule has 0 saturated carbocycles. The third-order valence-corrected chi connectivity index (χ3v) is 4.91. The molecule has 0 unspecified atom stereocenters. The average molecular weight is 381 g/mol. The van der Waals surface area contributed by atoms with E-state index in [1.807, 2.05) is 74.4 Å². The number of piperazine rings is 1. The summed E-state index contributed by atoms with van der Waals surface area (Å²) in [6.07, 6.45) is 0. The number of anilines is 1. The van der Waals surface area contributed by atoms with Crippen molar-refractivity contribution in [3.8, 4) is 5.75 Å². The van der Waals surface area contributed by atoms with E-state index >= 15 is 0 Å². The van der Waals surface area contributed by atoms with Gasteiger partial charge in [0.2, 0.25) is 0 Å². The molecule has 3 rings (SSSR count). The van der Waals surface area contributed by atoms with Crippen LogP contribution in [0.3, 0.4) is 0 Å². The zero-order valence-corrected chi connectivity index (χ0v) is 16.7. The first-order valence-corrected chi connectivity index (χ1v) is 9.48. The highest BCUT2D eigenvalue weighted by Gasteiger charge is 2.25. The van der Waals surface area contributed by atoms with E-state index in [4.69, 9.17) is 4.74 Å². The molecule has 0 N–H and O–H groups in total. The lowest BCUT2D eigenvalue weighted by Crippen LogP contribution is -2.51. The zero-order valence-electron chi connectivity index (χ0n) is 16.7. The van der Waals surface area contributed by atoms with Crippen molar-refractivity contribution in [2.24, 2.45) is 0 Å². The summed E-state index contributed by atoms with van der Waals surface area (Å²) in [5.74, 6) is 0.641. The van der Waals surface area contributed by atoms with Crippen LogP contribution in [0.15, 0.2) is 48.5 Å². The van der Waals surface area contributed by atoms with Crippen molar-refractivity contribution < 1.29 is 14.3 Å². The Labute approximate surface area is 166 Å². The molecule has 1 saturated heterocycles. The van der Waals surface area contributed by atoms with Gasteiger partial charge in [-0.25, -0.2) is 0 Å². The molecular formula is C22H27N3O3. The SMILES string of the molecule is Cc1ccc(OCC(=O)N2CCN(C(=O)c3cccc(N(C)C)c3)CC2)cc1. The second kappa shape index (κ2) is 8.78. The lowest BCUT2D eigenvalue weighted by atomic mass is 10.1. The molecule has 0 aromatic heterocycles. The van der Waals surface area contributed by atoms with Gasteiger partial charge in [-0.05, 0) is 37.3 Å². The summed E-state index contributed by atoms with van der Waals surface area (Å²) in [4.78, 5) is 30.7. The molecule has 0 bridgehead atoms. The van der Waals surface area contributed by atoms with Gasteiger partial charge in [0.15, 0.2) is 6.61 Å². The molecule has 1 heterocycles. The number of rotatable bonds is 5. The van der Waals surface area contributed by atoms with Gasteiger partial charge in [-0.2, -0.15) is 0 Å². The summed E-state index contributed by atoms with van der Waals surface area (Å²) in [6.45, 7) is 4.13. The predicted molar refractivity (Wildman–Crippen MR) is 110 cm³/mol. The van der Waals surface area contributed by atoms with Crippen LogP contribution in [0.5, 0.6) is 5.75 Å². The lowest BCUT2D eigenvalue weighted by Gasteiger charge is -2.34. The van der Waals surface area contributed by atoms with Crippen molar-refractivity contribution >= 4 is 17.5 Å². The summed E-state index contributed by atoms with van der Waals surface area (Å²) in [7, 11) is 3.90. The first-order valence-electron chi connectivity index (χ1n) is 9.48. The topological polar surface area (TPSA) is 53.1 Å². The highest BCUT2D eigenvalue weighted by Crippen LogP contribution is 2.16. The summed E-state index contributed by atoms with van der Waals surface area (Å²) in [5, 5.41) is 0. The highest BCUT2D eigenvalue weighted by atomic mass is 16.5. The Morgan fingerprint density at radius 2 is 1.61 bits per heavy atom. The molecule has 1 fully saturated rings. The molecule has 28 heavy (non-hydrogen) atoms. The van der Waals surface area contributed by atoms with E-state index in [-0.39, 0.29) is 18.4 Å². The minimum absolute atomic E-state index is 0.00621. The van der Waals surface area contributed by atoms with Gasteiger partial charge >= 0.3 is 0 Å². The molecule has 0 spiro atoms. The fraction of sp³-hybridized carbons (Fsp3) is 0.364. The largest absolute Gasteiger partial charge is 0.484 e. The molecule has 6 nitrogen and oxygen atoms in total. The van der Waals surface area contributed by atoms with Crippen molar-refractivity contribution in [1.29, 1.82) is 0 Å². The molecule has 2 aromatic carbocycles. The Morgan fingerprint density at radius 1 is 0.964 bits per heavy atom. The lowest BCUT2D eigenvalue weighted by molar-refractivity contribution is -0.134. The maximum absolute atomic E-state index is 12.8. The summed E-state index contributed by atoms with van der Waals surface area (Å²) in [5.41, 5.74) is 2.82. The molecule has 2 aromatic rings. The van der Waals surface area contributed by atoms with Gasteiger partial charge in [0, 0.05) is 51.5 Å². The monoisotopic (exact) mass is 381 g/mol. The third kappa shape index (κ3) is 4.82. The molecule has 6 heteroatoms. The van der Waals surface area contributed by atoms with E-state index in [9.17, 15) is 9.59 Å². The molecule has 2 amide bonds. The second-order valence-electron chi connectivity index (χ2n) is 7.22. The average Bonchev–Trinajstić information content (AvgIpc) is 2.72. The van der Waals surface area contributed by atoms with Crippen molar-refractivity contribution in [3.05, 3.63) is 59.7 Å². The van der Waals surface area contributed by atoms with E-state index in [1.165, 1.54) is 0 Å². The Bertz CT molecular complexity index is 825. The maximum atomic E-state index is 12.8. The normalized spacial score (nSPS) is 14.0. The van der Waals surface area contributed by atoms with E-state index in [2.05, 4.69) is 0 Å². The molecule has 148 valence electrons. The summed E-state index contributed by atoms with van der Waals surface area (Å²) >= 11 is 0. The van der Waals surface area contributed by atoms with Crippen LogP contribution >= 0.6 is 0 Å². The van der Waals surface area contributed by atoms with Crippen LogP contribution in [0.2, 0.25) is 0 Å². The molecule has 1 aliphatic heterocycles. The quantitative estimate of drug-likeness (QED) is 0.798. The van der Waals surface area contributed by atoms with Gasteiger partial charge in [-0.15, -0.1) is 0 Å². The van der Waals surface area contributed by atoms with E-state index in [1.54, 1.807) is 9.80 Å². The number of hydrogen-bond acceptors (Lipinski definition) is 4. The van der Waals surface area contributed by atoms with Gasteiger partial charge in [-0.1, -0.05) is 23.8 Å². The van der Waals surface area contributed by atoms with Gasteiger partial charge < -0.3 is 19.4 Å². The number of hydrogen-bond donors (Lipinski definition) is 0. The van der Waals surface area contributed by atoms with Crippen molar-refractivity contribution in [1.82, 2.24) is 9.80 Å². The van der Waals surface area contributed by atoms with Gasteiger partial charge in [0.1, 0.15) is 5.75 Å².